The number of nitrogens with one attached hydrogen (secondary N) is 1. The standard InChI is InChI=1S/C18H16ClN3O/c1-13-17(12-20-11-14-7-9-15(19)10-8-14)18(23)22(21-13)16-5-3-2-4-6-16/h2-10,12,21H,11H2,1H3. The van der Waals surface area contributed by atoms with Crippen molar-refractivity contribution in [2.75, 3.05) is 0 Å². The minimum absolute atomic E-state index is 0.103. The summed E-state index contributed by atoms with van der Waals surface area (Å²) in [6, 6.07) is 17.0. The minimum atomic E-state index is -0.103. The van der Waals surface area contributed by atoms with Crippen LogP contribution < -0.4 is 5.56 Å². The van der Waals surface area contributed by atoms with Gasteiger partial charge < -0.3 is 0 Å². The van der Waals surface area contributed by atoms with E-state index in [0.717, 1.165) is 16.9 Å². The zero-order chi connectivity index (χ0) is 16.2. The van der Waals surface area contributed by atoms with Gasteiger partial charge in [-0.05, 0) is 36.8 Å². The molecule has 0 saturated carbocycles. The van der Waals surface area contributed by atoms with E-state index < -0.39 is 0 Å². The molecule has 0 aliphatic heterocycles. The molecule has 0 atom stereocenters. The number of para-hydroxylation sites is 1. The van der Waals surface area contributed by atoms with Crippen LogP contribution in [0.1, 0.15) is 16.8 Å². The Labute approximate surface area is 139 Å². The predicted molar refractivity (Wildman–Crippen MR) is 93.9 cm³/mol. The number of halogens is 1. The van der Waals surface area contributed by atoms with Crippen molar-refractivity contribution in [3.63, 3.8) is 0 Å². The number of aromatic nitrogens is 2. The first-order valence-electron chi connectivity index (χ1n) is 7.26. The molecule has 0 fully saturated rings. The smallest absolute Gasteiger partial charge is 0.280 e. The summed E-state index contributed by atoms with van der Waals surface area (Å²) in [5.41, 5.74) is 3.11. The van der Waals surface area contributed by atoms with Crippen molar-refractivity contribution < 1.29 is 0 Å². The van der Waals surface area contributed by atoms with Crippen molar-refractivity contribution in [2.24, 2.45) is 4.99 Å². The SMILES string of the molecule is Cc1[nH]n(-c2ccccc2)c(=O)c1C=NCc1ccc(Cl)cc1. The third-order valence-corrected chi connectivity index (χ3v) is 3.79. The van der Waals surface area contributed by atoms with Gasteiger partial charge in [0, 0.05) is 16.9 Å². The zero-order valence-corrected chi connectivity index (χ0v) is 13.4. The number of nitrogens with zero attached hydrogens (tertiary/aromatic N) is 2. The molecule has 0 aliphatic carbocycles. The lowest BCUT2D eigenvalue weighted by Gasteiger charge is -1.99. The van der Waals surface area contributed by atoms with Crippen molar-refractivity contribution in [3.8, 4) is 5.69 Å². The van der Waals surface area contributed by atoms with Crippen LogP contribution in [-0.4, -0.2) is 16.0 Å². The van der Waals surface area contributed by atoms with E-state index in [0.29, 0.717) is 17.1 Å². The number of H-pyrrole nitrogens is 1. The van der Waals surface area contributed by atoms with Crippen molar-refractivity contribution in [1.82, 2.24) is 9.78 Å². The van der Waals surface area contributed by atoms with Gasteiger partial charge in [-0.1, -0.05) is 41.9 Å². The Morgan fingerprint density at radius 2 is 1.83 bits per heavy atom. The molecule has 0 spiro atoms. The van der Waals surface area contributed by atoms with Gasteiger partial charge in [0.15, 0.2) is 0 Å². The molecule has 1 N–H and O–H groups in total. The van der Waals surface area contributed by atoms with Gasteiger partial charge in [-0.25, -0.2) is 4.68 Å². The lowest BCUT2D eigenvalue weighted by Crippen LogP contribution is -2.17. The number of aliphatic imine (C=N–C) groups is 1. The summed E-state index contributed by atoms with van der Waals surface area (Å²) in [7, 11) is 0. The molecule has 4 nitrogen and oxygen atoms in total. The van der Waals surface area contributed by atoms with Gasteiger partial charge in [-0.3, -0.25) is 14.9 Å². The Morgan fingerprint density at radius 3 is 2.52 bits per heavy atom. The Kier molecular flexibility index (Phi) is 4.44. The Bertz CT molecular complexity index is 877. The molecule has 0 saturated heterocycles. The number of aryl methyl sites for hydroxylation is 1. The molecule has 0 aliphatic rings. The molecule has 2 aromatic carbocycles. The second kappa shape index (κ2) is 6.67. The van der Waals surface area contributed by atoms with E-state index in [1.165, 1.54) is 4.68 Å². The molecule has 1 heterocycles. The molecule has 0 radical (unpaired) electrons. The molecule has 0 amide bonds. The Hall–Kier alpha value is -2.59. The fourth-order valence-electron chi connectivity index (χ4n) is 2.30. The molecule has 3 rings (SSSR count). The third-order valence-electron chi connectivity index (χ3n) is 3.54. The summed E-state index contributed by atoms with van der Waals surface area (Å²) in [6.07, 6.45) is 1.63. The lowest BCUT2D eigenvalue weighted by molar-refractivity contribution is 0.835. The van der Waals surface area contributed by atoms with Crippen LogP contribution >= 0.6 is 11.6 Å². The summed E-state index contributed by atoms with van der Waals surface area (Å²) in [4.78, 5) is 16.9. The van der Waals surface area contributed by atoms with Crippen molar-refractivity contribution >= 4 is 17.8 Å². The van der Waals surface area contributed by atoms with Crippen molar-refractivity contribution in [3.05, 3.63) is 86.8 Å². The van der Waals surface area contributed by atoms with Crippen LogP contribution in [0.15, 0.2) is 64.4 Å². The molecular weight excluding hydrogens is 310 g/mol. The van der Waals surface area contributed by atoms with Crippen LogP contribution in [0.2, 0.25) is 5.02 Å². The molecule has 0 bridgehead atoms. The molecule has 0 unspecified atom stereocenters. The highest BCUT2D eigenvalue weighted by Crippen LogP contribution is 2.10. The molecule has 23 heavy (non-hydrogen) atoms. The largest absolute Gasteiger partial charge is 0.295 e. The normalized spacial score (nSPS) is 11.2. The van der Waals surface area contributed by atoms with Gasteiger partial charge in [-0.15, -0.1) is 0 Å². The van der Waals surface area contributed by atoms with Crippen LogP contribution in [0.3, 0.4) is 0 Å². The molecule has 5 heteroatoms. The summed E-state index contributed by atoms with van der Waals surface area (Å²) in [6.45, 7) is 2.37. The van der Waals surface area contributed by atoms with E-state index in [1.807, 2.05) is 61.5 Å². The van der Waals surface area contributed by atoms with Gasteiger partial charge in [0.2, 0.25) is 0 Å². The topological polar surface area (TPSA) is 50.1 Å². The molecular formula is C18H16ClN3O. The van der Waals surface area contributed by atoms with Crippen LogP contribution in [0.5, 0.6) is 0 Å². The predicted octanol–water partition coefficient (Wildman–Crippen LogP) is 3.75. The summed E-state index contributed by atoms with van der Waals surface area (Å²) in [5, 5.41) is 3.78. The third kappa shape index (κ3) is 3.43. The fourth-order valence-corrected chi connectivity index (χ4v) is 2.43. The zero-order valence-electron chi connectivity index (χ0n) is 12.7. The number of hydrogen-bond acceptors (Lipinski definition) is 2. The second-order valence-electron chi connectivity index (χ2n) is 5.22. The first kappa shape index (κ1) is 15.3. The van der Waals surface area contributed by atoms with Crippen LogP contribution in [0.4, 0.5) is 0 Å². The maximum atomic E-state index is 12.5. The average molecular weight is 326 g/mol. The monoisotopic (exact) mass is 325 g/mol. The van der Waals surface area contributed by atoms with E-state index in [-0.39, 0.29) is 5.56 Å². The summed E-state index contributed by atoms with van der Waals surface area (Å²) < 4.78 is 1.53. The van der Waals surface area contributed by atoms with E-state index in [2.05, 4.69) is 10.1 Å². The summed E-state index contributed by atoms with van der Waals surface area (Å²) in [5.74, 6) is 0. The lowest BCUT2D eigenvalue weighted by atomic mass is 10.2. The Balaban J connectivity index is 1.83. The van der Waals surface area contributed by atoms with E-state index in [1.54, 1.807) is 6.21 Å². The number of aromatic amines is 1. The highest BCUT2D eigenvalue weighted by Gasteiger charge is 2.09. The maximum absolute atomic E-state index is 12.5. The van der Waals surface area contributed by atoms with E-state index in [4.69, 9.17) is 11.6 Å². The van der Waals surface area contributed by atoms with E-state index >= 15 is 0 Å². The Morgan fingerprint density at radius 1 is 1.13 bits per heavy atom. The fraction of sp³-hybridized carbons (Fsp3) is 0.111. The molecule has 1 aromatic heterocycles. The number of benzene rings is 2. The highest BCUT2D eigenvalue weighted by molar-refractivity contribution is 6.30. The first-order valence-corrected chi connectivity index (χ1v) is 7.64. The molecule has 116 valence electrons. The van der Waals surface area contributed by atoms with Crippen LogP contribution in [0, 0.1) is 6.92 Å². The van der Waals surface area contributed by atoms with Gasteiger partial charge in [0.05, 0.1) is 17.8 Å². The highest BCUT2D eigenvalue weighted by atomic mass is 35.5. The van der Waals surface area contributed by atoms with Crippen LogP contribution in [-0.2, 0) is 6.54 Å². The first-order chi connectivity index (χ1) is 11.1. The summed E-state index contributed by atoms with van der Waals surface area (Å²) >= 11 is 5.86. The van der Waals surface area contributed by atoms with Gasteiger partial charge >= 0.3 is 0 Å². The van der Waals surface area contributed by atoms with Crippen molar-refractivity contribution in [1.29, 1.82) is 0 Å². The van der Waals surface area contributed by atoms with Crippen molar-refractivity contribution in [2.45, 2.75) is 13.5 Å². The van der Waals surface area contributed by atoms with Gasteiger partial charge in [0.25, 0.3) is 5.56 Å². The van der Waals surface area contributed by atoms with Gasteiger partial charge in [0.1, 0.15) is 0 Å². The number of rotatable bonds is 4. The van der Waals surface area contributed by atoms with E-state index in [9.17, 15) is 4.79 Å². The minimum Gasteiger partial charge on any atom is -0.295 e. The van der Waals surface area contributed by atoms with Gasteiger partial charge in [-0.2, -0.15) is 0 Å². The average Bonchev–Trinajstić information content (AvgIpc) is 2.85. The number of hydrogen-bond donors (Lipinski definition) is 1. The second-order valence-corrected chi connectivity index (χ2v) is 5.66. The van der Waals surface area contributed by atoms with Crippen LogP contribution in [0.25, 0.3) is 5.69 Å². The maximum Gasteiger partial charge on any atom is 0.280 e. The molecule has 3 aromatic rings. The quantitative estimate of drug-likeness (QED) is 0.730.